The number of benzene rings is 2. The number of hydrogen-bond donors (Lipinski definition) is 0. The monoisotopic (exact) mass is 468 g/mol. The quantitative estimate of drug-likeness (QED) is 0.213. The van der Waals surface area contributed by atoms with Crippen molar-refractivity contribution in [2.75, 3.05) is 0 Å². The Morgan fingerprint density at radius 2 is 0.727 bits per heavy atom. The molecule has 0 amide bonds. The van der Waals surface area contributed by atoms with Gasteiger partial charge in [-0.25, -0.2) is 0 Å². The van der Waals surface area contributed by atoms with Crippen LogP contribution in [0.15, 0.2) is 97.6 Å². The molecule has 4 heterocycles. The van der Waals surface area contributed by atoms with Crippen LogP contribution in [-0.4, -0.2) is 19.9 Å². The van der Waals surface area contributed by atoms with Gasteiger partial charge in [-0.3, -0.25) is 19.9 Å². The van der Waals surface area contributed by atoms with Crippen molar-refractivity contribution in [2.45, 2.75) is 0 Å². The van der Waals surface area contributed by atoms with E-state index in [9.17, 15) is 0 Å². The number of pyridine rings is 4. The van der Waals surface area contributed by atoms with E-state index in [2.05, 4.69) is 68.5 Å². The van der Waals surface area contributed by atoms with E-state index in [4.69, 9.17) is 10.5 Å². The number of hydrogen-bond acceptors (Lipinski definition) is 6. The van der Waals surface area contributed by atoms with Gasteiger partial charge in [-0.1, -0.05) is 48.5 Å². The third-order valence-corrected chi connectivity index (χ3v) is 5.02. The Morgan fingerprint density at radius 3 is 0.939 bits per heavy atom. The number of rotatable bonds is 0. The molecule has 7 heteroatoms. The van der Waals surface area contributed by atoms with Gasteiger partial charge >= 0.3 is 35.4 Å². The van der Waals surface area contributed by atoms with Gasteiger partial charge in [0.05, 0.1) is 22.1 Å². The largest absolute Gasteiger partial charge is 0.254 e. The zero-order chi connectivity index (χ0) is 22.9. The van der Waals surface area contributed by atoms with Gasteiger partial charge in [0.1, 0.15) is 0 Å². The zero-order valence-corrected chi connectivity index (χ0v) is 18.4. The number of fused-ring (bicyclic) bond motifs is 6. The molecule has 0 radical (unpaired) electrons. The van der Waals surface area contributed by atoms with E-state index in [0.29, 0.717) is 0 Å². The maximum Gasteiger partial charge on any atom is 0.0964 e. The molecule has 0 aliphatic carbocycles. The summed E-state index contributed by atoms with van der Waals surface area (Å²) in [6.45, 7) is 0. The molecule has 0 bridgehead atoms. The van der Waals surface area contributed by atoms with Gasteiger partial charge in [0.25, 0.3) is 0 Å². The third-order valence-electron chi connectivity index (χ3n) is 4.77. The number of nitrogens with zero attached hydrogens (tertiary/aromatic N) is 6. The Hall–Kier alpha value is -4.42. The molecule has 0 aliphatic rings. The van der Waals surface area contributed by atoms with Crippen LogP contribution < -0.4 is 0 Å². The van der Waals surface area contributed by atoms with Gasteiger partial charge < -0.3 is 0 Å². The van der Waals surface area contributed by atoms with E-state index in [1.807, 2.05) is 24.3 Å². The summed E-state index contributed by atoms with van der Waals surface area (Å²) in [7, 11) is 0. The molecule has 6 aromatic rings. The summed E-state index contributed by atoms with van der Waals surface area (Å²) in [5.74, 6) is 0. The second-order valence-electron chi connectivity index (χ2n) is 6.68. The topological polar surface area (TPSA) is 99.1 Å². The van der Waals surface area contributed by atoms with E-state index in [1.165, 1.54) is 0 Å². The molecule has 0 spiro atoms. The zero-order valence-electron chi connectivity index (χ0n) is 17.3. The summed E-state index contributed by atoms with van der Waals surface area (Å²) in [6, 6.07) is 24.3. The molecule has 2 aromatic carbocycles. The fourth-order valence-corrected chi connectivity index (χ4v) is 3.43. The van der Waals surface area contributed by atoms with Crippen LogP contribution in [0.3, 0.4) is 0 Å². The van der Waals surface area contributed by atoms with E-state index in [1.54, 1.807) is 34.7 Å². The Morgan fingerprint density at radius 1 is 0.455 bits per heavy atom. The molecule has 0 aliphatic heterocycles. The van der Waals surface area contributed by atoms with Crippen LogP contribution in [0.1, 0.15) is 0 Å². The third kappa shape index (κ3) is 5.08. The Kier molecular flexibility index (Phi) is 7.10. The predicted molar refractivity (Wildman–Crippen MR) is 125 cm³/mol. The minimum absolute atomic E-state index is 0. The van der Waals surface area contributed by atoms with Crippen LogP contribution in [0.2, 0.25) is 0 Å². The molecular weight excluding hydrogens is 452 g/mol. The van der Waals surface area contributed by atoms with E-state index >= 15 is 0 Å². The fraction of sp³-hybridized carbons (Fsp3) is 0. The van der Waals surface area contributed by atoms with Crippen molar-refractivity contribution in [1.29, 1.82) is 10.5 Å². The van der Waals surface area contributed by atoms with Crippen molar-refractivity contribution in [3.8, 4) is 9.94 Å². The van der Waals surface area contributed by atoms with Gasteiger partial charge in [-0.15, -0.1) is 0 Å². The second kappa shape index (κ2) is 10.7. The summed E-state index contributed by atoms with van der Waals surface area (Å²) in [6.07, 6.45) is 7.21. The first-order valence-electron chi connectivity index (χ1n) is 9.87. The molecule has 6 rings (SSSR count). The van der Waals surface area contributed by atoms with Gasteiger partial charge in [-0.2, -0.15) is 0 Å². The van der Waals surface area contributed by atoms with E-state index < -0.39 is 0 Å². The molecule has 33 heavy (non-hydrogen) atoms. The minimum atomic E-state index is 0. The van der Waals surface area contributed by atoms with Gasteiger partial charge in [0.2, 0.25) is 0 Å². The predicted octanol–water partition coefficient (Wildman–Crippen LogP) is 5.60. The van der Waals surface area contributed by atoms with Gasteiger partial charge in [0.15, 0.2) is 0 Å². The van der Waals surface area contributed by atoms with Crippen molar-refractivity contribution < 1.29 is 15.0 Å². The van der Waals surface area contributed by atoms with Crippen LogP contribution in [0, 0.1) is 20.5 Å². The molecule has 0 fully saturated rings. The summed E-state index contributed by atoms with van der Waals surface area (Å²) >= 11 is 0. The fourth-order valence-electron chi connectivity index (χ4n) is 3.38. The SMILES string of the molecule is N#[C][Fe][C]#N.c1cnc2c(c1)ccc1cccnc12.c1cnc2c(c1)ccc1cccnc12. The second-order valence-corrected chi connectivity index (χ2v) is 7.45. The summed E-state index contributed by atoms with van der Waals surface area (Å²) in [4.78, 5) is 20.7. The first-order valence-corrected chi connectivity index (χ1v) is 11.0. The standard InChI is InChI=1S/2C12H8N2.2CN.Fe/c2*1-3-9-5-6-10-4-2-8-14-12(10)11(9)13-7-1;2*1-2;/h2*1-8H;;;. The normalized spacial score (nSPS) is 10.0. The maximum absolute atomic E-state index is 7.59. The van der Waals surface area contributed by atoms with Crippen LogP contribution in [0.25, 0.3) is 43.6 Å². The van der Waals surface area contributed by atoms with Crippen LogP contribution >= 0.6 is 0 Å². The average Bonchev–Trinajstić information content (AvgIpc) is 2.90. The summed E-state index contributed by atoms with van der Waals surface area (Å²) in [5.41, 5.74) is 3.91. The number of aromatic nitrogens is 4. The van der Waals surface area contributed by atoms with E-state index in [0.717, 1.165) is 43.6 Å². The first kappa shape index (κ1) is 21.8. The van der Waals surface area contributed by atoms with Crippen molar-refractivity contribution in [3.63, 3.8) is 0 Å². The van der Waals surface area contributed by atoms with Crippen LogP contribution in [0.5, 0.6) is 0 Å². The Labute approximate surface area is 196 Å². The van der Waals surface area contributed by atoms with E-state index in [-0.39, 0.29) is 15.0 Å². The van der Waals surface area contributed by atoms with Gasteiger partial charge in [0, 0.05) is 46.3 Å². The number of nitriles is 2. The molecule has 4 aromatic heterocycles. The Bertz CT molecular complexity index is 1400. The van der Waals surface area contributed by atoms with Crippen molar-refractivity contribution in [3.05, 3.63) is 97.6 Å². The van der Waals surface area contributed by atoms with Crippen molar-refractivity contribution >= 4 is 43.6 Å². The summed E-state index contributed by atoms with van der Waals surface area (Å²) in [5, 5.41) is 19.7. The average molecular weight is 468 g/mol. The molecule has 0 unspecified atom stereocenters. The van der Waals surface area contributed by atoms with Crippen molar-refractivity contribution in [1.82, 2.24) is 19.9 Å². The molecular formula is C26H16FeN6. The summed E-state index contributed by atoms with van der Waals surface area (Å²) < 4.78 is 0. The molecule has 6 nitrogen and oxygen atoms in total. The van der Waals surface area contributed by atoms with Crippen molar-refractivity contribution in [2.24, 2.45) is 0 Å². The van der Waals surface area contributed by atoms with Crippen LogP contribution in [0.4, 0.5) is 0 Å². The smallest absolute Gasteiger partial charge is 0.0964 e. The maximum atomic E-state index is 7.59. The first-order chi connectivity index (χ1) is 16.3. The molecule has 158 valence electrons. The minimum Gasteiger partial charge on any atom is -0.254 e. The molecule has 0 N–H and O–H groups in total. The molecule has 0 saturated carbocycles. The molecule has 0 atom stereocenters. The van der Waals surface area contributed by atoms with Crippen LogP contribution in [-0.2, 0) is 15.0 Å². The Balaban J connectivity index is 0.000000132. The molecule has 0 saturated heterocycles. The van der Waals surface area contributed by atoms with Gasteiger partial charge in [-0.05, 0) is 24.3 Å².